The number of hydrogen-bond donors (Lipinski definition) is 0. The first-order valence-corrected chi connectivity index (χ1v) is 5.95. The Bertz CT molecular complexity index is 470. The summed E-state index contributed by atoms with van der Waals surface area (Å²) in [6.07, 6.45) is 1.48. The molecule has 0 radical (unpaired) electrons. The second kappa shape index (κ2) is 3.96. The first kappa shape index (κ1) is 10.1. The molecule has 0 aromatic carbocycles. The summed E-state index contributed by atoms with van der Waals surface area (Å²) in [5, 5.41) is 2.52. The van der Waals surface area contributed by atoms with Crippen molar-refractivity contribution in [3.05, 3.63) is 33.0 Å². The van der Waals surface area contributed by atoms with Gasteiger partial charge in [-0.25, -0.2) is 9.97 Å². The highest BCUT2D eigenvalue weighted by Crippen LogP contribution is 2.34. The number of rotatable bonds is 1. The summed E-state index contributed by atoms with van der Waals surface area (Å²) in [6, 6.07) is 2.00. The Kier molecular flexibility index (Phi) is 2.85. The van der Waals surface area contributed by atoms with Gasteiger partial charge in [-0.1, -0.05) is 11.6 Å². The third kappa shape index (κ3) is 1.69. The van der Waals surface area contributed by atoms with Crippen molar-refractivity contribution in [1.29, 1.82) is 0 Å². The fraction of sp³-hybridized carbons (Fsp3) is 0.111. The molecule has 5 heteroatoms. The zero-order chi connectivity index (χ0) is 10.1. The molecular weight excluding hydrogens is 284 g/mol. The van der Waals surface area contributed by atoms with Crippen LogP contribution in [0.4, 0.5) is 0 Å². The topological polar surface area (TPSA) is 25.8 Å². The molecule has 0 unspecified atom stereocenters. The minimum atomic E-state index is 0.510. The van der Waals surface area contributed by atoms with E-state index in [-0.39, 0.29) is 0 Å². The molecule has 0 bridgehead atoms. The molecule has 2 nitrogen and oxygen atoms in total. The molecule has 0 amide bonds. The van der Waals surface area contributed by atoms with E-state index in [2.05, 4.69) is 25.9 Å². The van der Waals surface area contributed by atoms with Gasteiger partial charge in [-0.05, 0) is 34.3 Å². The first-order chi connectivity index (χ1) is 6.70. The third-order valence-electron chi connectivity index (χ3n) is 1.85. The van der Waals surface area contributed by atoms with Gasteiger partial charge in [-0.2, -0.15) is 0 Å². The van der Waals surface area contributed by atoms with Gasteiger partial charge in [0.2, 0.25) is 0 Å². The van der Waals surface area contributed by atoms with Crippen molar-refractivity contribution < 1.29 is 0 Å². The normalized spacial score (nSPS) is 10.5. The summed E-state index contributed by atoms with van der Waals surface area (Å²) in [5.41, 5.74) is 1.81. The van der Waals surface area contributed by atoms with Crippen LogP contribution >= 0.6 is 38.9 Å². The number of aromatic nitrogens is 2. The lowest BCUT2D eigenvalue weighted by Crippen LogP contribution is -1.90. The van der Waals surface area contributed by atoms with Crippen molar-refractivity contribution in [2.45, 2.75) is 6.92 Å². The van der Waals surface area contributed by atoms with Crippen LogP contribution in [-0.4, -0.2) is 9.97 Å². The fourth-order valence-corrected chi connectivity index (χ4v) is 2.87. The van der Waals surface area contributed by atoms with Gasteiger partial charge in [-0.15, -0.1) is 11.3 Å². The Labute approximate surface area is 99.1 Å². The summed E-state index contributed by atoms with van der Waals surface area (Å²) in [5.74, 6) is 0. The highest BCUT2D eigenvalue weighted by Gasteiger charge is 2.11. The van der Waals surface area contributed by atoms with Crippen LogP contribution in [0.15, 0.2) is 22.2 Å². The predicted molar refractivity (Wildman–Crippen MR) is 62.8 cm³/mol. The molecule has 0 fully saturated rings. The van der Waals surface area contributed by atoms with Gasteiger partial charge in [0.1, 0.15) is 11.5 Å². The summed E-state index contributed by atoms with van der Waals surface area (Å²) < 4.78 is 1.04. The van der Waals surface area contributed by atoms with E-state index in [0.717, 1.165) is 20.6 Å². The molecule has 2 rings (SSSR count). The molecule has 72 valence electrons. The lowest BCUT2D eigenvalue weighted by Gasteiger charge is -2.03. The minimum Gasteiger partial charge on any atom is -0.235 e. The lowest BCUT2D eigenvalue weighted by atomic mass is 10.2. The molecule has 0 saturated heterocycles. The van der Waals surface area contributed by atoms with Crippen LogP contribution in [0.2, 0.25) is 5.15 Å². The van der Waals surface area contributed by atoms with Crippen LogP contribution in [0.5, 0.6) is 0 Å². The largest absolute Gasteiger partial charge is 0.235 e. The molecule has 2 heterocycles. The SMILES string of the molecule is Cc1c(Cl)ncnc1-c1sccc1Br. The van der Waals surface area contributed by atoms with Gasteiger partial charge in [0.25, 0.3) is 0 Å². The summed E-state index contributed by atoms with van der Waals surface area (Å²) in [7, 11) is 0. The fourth-order valence-electron chi connectivity index (χ4n) is 1.12. The zero-order valence-electron chi connectivity index (χ0n) is 7.29. The van der Waals surface area contributed by atoms with Crippen LogP contribution in [0.25, 0.3) is 10.6 Å². The molecule has 14 heavy (non-hydrogen) atoms. The molecule has 0 N–H and O–H groups in total. The average molecular weight is 290 g/mol. The van der Waals surface area contributed by atoms with Crippen molar-refractivity contribution in [2.75, 3.05) is 0 Å². The maximum atomic E-state index is 5.92. The van der Waals surface area contributed by atoms with E-state index in [4.69, 9.17) is 11.6 Å². The van der Waals surface area contributed by atoms with Crippen molar-refractivity contribution in [3.8, 4) is 10.6 Å². The highest BCUT2D eigenvalue weighted by atomic mass is 79.9. The monoisotopic (exact) mass is 288 g/mol. The van der Waals surface area contributed by atoms with Gasteiger partial charge in [0.15, 0.2) is 0 Å². The second-order valence-electron chi connectivity index (χ2n) is 2.74. The molecule has 0 saturated carbocycles. The standard InChI is InChI=1S/C9H6BrClN2S/c1-5-7(12-4-13-9(5)11)8-6(10)2-3-14-8/h2-4H,1H3. The molecular formula is C9H6BrClN2S. The Morgan fingerprint density at radius 2 is 2.21 bits per heavy atom. The first-order valence-electron chi connectivity index (χ1n) is 3.90. The van der Waals surface area contributed by atoms with Gasteiger partial charge < -0.3 is 0 Å². The Morgan fingerprint density at radius 1 is 1.43 bits per heavy atom. The van der Waals surface area contributed by atoms with E-state index >= 15 is 0 Å². The summed E-state index contributed by atoms with van der Waals surface area (Å²) >= 11 is 11.0. The molecule has 2 aromatic heterocycles. The third-order valence-corrected chi connectivity index (χ3v) is 4.08. The van der Waals surface area contributed by atoms with E-state index in [1.165, 1.54) is 6.33 Å². The van der Waals surface area contributed by atoms with Gasteiger partial charge in [-0.3, -0.25) is 0 Å². The number of halogens is 2. The molecule has 0 atom stereocenters. The Morgan fingerprint density at radius 3 is 2.86 bits per heavy atom. The Hall–Kier alpha value is -0.450. The zero-order valence-corrected chi connectivity index (χ0v) is 10.4. The van der Waals surface area contributed by atoms with Gasteiger partial charge in [0, 0.05) is 10.0 Å². The molecule has 2 aromatic rings. The van der Waals surface area contributed by atoms with Crippen molar-refractivity contribution in [1.82, 2.24) is 9.97 Å². The average Bonchev–Trinajstić information content (AvgIpc) is 2.57. The van der Waals surface area contributed by atoms with Crippen molar-refractivity contribution in [2.24, 2.45) is 0 Å². The van der Waals surface area contributed by atoms with Crippen LogP contribution in [0.3, 0.4) is 0 Å². The van der Waals surface area contributed by atoms with Crippen LogP contribution in [0, 0.1) is 6.92 Å². The molecule has 0 aliphatic heterocycles. The molecule has 0 spiro atoms. The van der Waals surface area contributed by atoms with Gasteiger partial charge in [0.05, 0.1) is 10.6 Å². The number of hydrogen-bond acceptors (Lipinski definition) is 3. The van der Waals surface area contributed by atoms with Crippen LogP contribution in [0.1, 0.15) is 5.56 Å². The second-order valence-corrected chi connectivity index (χ2v) is 4.86. The maximum absolute atomic E-state index is 5.92. The van der Waals surface area contributed by atoms with E-state index < -0.39 is 0 Å². The van der Waals surface area contributed by atoms with Crippen LogP contribution in [-0.2, 0) is 0 Å². The quantitative estimate of drug-likeness (QED) is 0.743. The van der Waals surface area contributed by atoms with E-state index in [1.807, 2.05) is 18.4 Å². The van der Waals surface area contributed by atoms with E-state index in [0.29, 0.717) is 5.15 Å². The van der Waals surface area contributed by atoms with Crippen molar-refractivity contribution >= 4 is 38.9 Å². The Balaban J connectivity index is 2.63. The van der Waals surface area contributed by atoms with Gasteiger partial charge >= 0.3 is 0 Å². The molecule has 0 aliphatic carbocycles. The maximum Gasteiger partial charge on any atom is 0.135 e. The lowest BCUT2D eigenvalue weighted by molar-refractivity contribution is 1.14. The highest BCUT2D eigenvalue weighted by molar-refractivity contribution is 9.10. The van der Waals surface area contributed by atoms with Crippen molar-refractivity contribution in [3.63, 3.8) is 0 Å². The number of thiophene rings is 1. The van der Waals surface area contributed by atoms with Crippen LogP contribution < -0.4 is 0 Å². The van der Waals surface area contributed by atoms with E-state index in [1.54, 1.807) is 11.3 Å². The summed E-state index contributed by atoms with van der Waals surface area (Å²) in [4.78, 5) is 9.24. The predicted octanol–water partition coefficient (Wildman–Crippen LogP) is 3.93. The smallest absolute Gasteiger partial charge is 0.135 e. The number of nitrogens with zero attached hydrogens (tertiary/aromatic N) is 2. The summed E-state index contributed by atoms with van der Waals surface area (Å²) in [6.45, 7) is 1.92. The molecule has 0 aliphatic rings. The minimum absolute atomic E-state index is 0.510. The van der Waals surface area contributed by atoms with E-state index in [9.17, 15) is 0 Å².